The van der Waals surface area contributed by atoms with Gasteiger partial charge in [-0.05, 0) is 48.4 Å². The molecule has 1 aliphatic heterocycles. The lowest BCUT2D eigenvalue weighted by Crippen LogP contribution is -2.48. The van der Waals surface area contributed by atoms with E-state index in [4.69, 9.17) is 13.6 Å². The molecule has 0 spiro atoms. The van der Waals surface area contributed by atoms with Gasteiger partial charge in [0.05, 0.1) is 19.0 Å². The van der Waals surface area contributed by atoms with Crippen LogP contribution < -0.4 is 5.32 Å². The van der Waals surface area contributed by atoms with E-state index < -0.39 is 35.3 Å². The van der Waals surface area contributed by atoms with Crippen LogP contribution in [0.2, 0.25) is 36.3 Å². The summed E-state index contributed by atoms with van der Waals surface area (Å²) in [6, 6.07) is 8.72. The Labute approximate surface area is 262 Å². The molecule has 44 heavy (non-hydrogen) atoms. The number of carboxylic acids is 1. The zero-order valence-corrected chi connectivity index (χ0v) is 29.6. The van der Waals surface area contributed by atoms with Gasteiger partial charge in [-0.3, -0.25) is 14.2 Å². The van der Waals surface area contributed by atoms with Gasteiger partial charge in [-0.2, -0.15) is 0 Å². The van der Waals surface area contributed by atoms with Crippen LogP contribution in [-0.4, -0.2) is 72.0 Å². The molecule has 1 aromatic carbocycles. The highest BCUT2D eigenvalue weighted by Gasteiger charge is 2.47. The van der Waals surface area contributed by atoms with Crippen LogP contribution in [0, 0.1) is 0 Å². The molecule has 240 valence electrons. The van der Waals surface area contributed by atoms with Gasteiger partial charge in [0.1, 0.15) is 24.6 Å². The number of fused-ring (bicyclic) bond motifs is 1. The fourth-order valence-corrected chi connectivity index (χ4v) is 6.82. The van der Waals surface area contributed by atoms with E-state index in [1.165, 1.54) is 0 Å². The minimum Gasteiger partial charge on any atom is -0.481 e. The molecule has 3 heterocycles. The van der Waals surface area contributed by atoms with Crippen LogP contribution in [0.1, 0.15) is 70.4 Å². The third kappa shape index (κ3) is 7.45. The lowest BCUT2D eigenvalue weighted by molar-refractivity contribution is -0.136. The Kier molecular flexibility index (Phi) is 9.58. The van der Waals surface area contributed by atoms with Crippen LogP contribution >= 0.6 is 0 Å². The predicted octanol–water partition coefficient (Wildman–Crippen LogP) is 6.41. The number of anilines is 1. The first-order valence-electron chi connectivity index (χ1n) is 15.1. The van der Waals surface area contributed by atoms with Crippen molar-refractivity contribution in [3.05, 3.63) is 48.0 Å². The first-order chi connectivity index (χ1) is 20.3. The zero-order valence-electron chi connectivity index (χ0n) is 27.6. The highest BCUT2D eigenvalue weighted by atomic mass is 28.4. The fraction of sp³-hybridized carbons (Fsp3) is 0.581. The molecule has 1 saturated heterocycles. The van der Waals surface area contributed by atoms with Crippen molar-refractivity contribution in [3.63, 3.8) is 0 Å². The topological polar surface area (TPSA) is 138 Å². The number of benzene rings is 1. The molecule has 1 aliphatic rings. The number of carboxylic acid groups (broad SMARTS) is 1. The largest absolute Gasteiger partial charge is 0.481 e. The quantitative estimate of drug-likeness (QED) is 0.241. The number of imidazole rings is 1. The van der Waals surface area contributed by atoms with E-state index in [9.17, 15) is 14.7 Å². The van der Waals surface area contributed by atoms with Crippen LogP contribution in [0.4, 0.5) is 5.82 Å². The van der Waals surface area contributed by atoms with Gasteiger partial charge in [0.25, 0.3) is 5.91 Å². The monoisotopic (exact) mass is 641 g/mol. The molecular weight excluding hydrogens is 595 g/mol. The zero-order chi connectivity index (χ0) is 32.7. The van der Waals surface area contributed by atoms with Crippen molar-refractivity contribution in [2.75, 3.05) is 11.9 Å². The van der Waals surface area contributed by atoms with Gasteiger partial charge in [0.2, 0.25) is 0 Å². The maximum absolute atomic E-state index is 13.0. The number of amides is 1. The number of hydrogen-bond donors (Lipinski definition) is 2. The lowest BCUT2D eigenvalue weighted by atomic mass is 10.2. The third-order valence-electron chi connectivity index (χ3n) is 9.20. The van der Waals surface area contributed by atoms with Crippen molar-refractivity contribution in [2.45, 2.75) is 109 Å². The summed E-state index contributed by atoms with van der Waals surface area (Å²) < 4.78 is 22.0. The van der Waals surface area contributed by atoms with Gasteiger partial charge in [-0.25, -0.2) is 15.0 Å². The molecule has 11 nitrogen and oxygen atoms in total. The Morgan fingerprint density at radius 2 is 1.66 bits per heavy atom. The van der Waals surface area contributed by atoms with Crippen LogP contribution in [0.3, 0.4) is 0 Å². The van der Waals surface area contributed by atoms with Crippen molar-refractivity contribution >= 4 is 45.5 Å². The molecule has 0 aliphatic carbocycles. The standard InChI is InChI=1S/C31H47N5O6Si2/c1-30(2,3)43(7,8)40-18-22-21(42-44(9,10)31(4,5)6)16-24(41-22)36-19-32-26-27(33-23(17-25(37)38)34-28(26)36)35-29(39)20-14-12-11-13-15-20/h11-15,19,21-22,24H,16-18H2,1-10H3,(H,37,38)(H,33,34,35,39)/t21-,22+,24+/m0/s1. The molecule has 0 saturated carbocycles. The molecule has 3 atom stereocenters. The first-order valence-corrected chi connectivity index (χ1v) is 20.9. The number of rotatable bonds is 10. The number of carbonyl (C=O) groups excluding carboxylic acids is 1. The summed E-state index contributed by atoms with van der Waals surface area (Å²) in [5.74, 6) is -1.27. The van der Waals surface area contributed by atoms with Crippen LogP contribution in [0.15, 0.2) is 36.7 Å². The van der Waals surface area contributed by atoms with E-state index in [1.54, 1.807) is 35.2 Å². The Morgan fingerprint density at radius 1 is 1.02 bits per heavy atom. The molecule has 1 amide bonds. The van der Waals surface area contributed by atoms with Crippen LogP contribution in [-0.2, 0) is 24.8 Å². The lowest BCUT2D eigenvalue weighted by Gasteiger charge is -2.40. The summed E-state index contributed by atoms with van der Waals surface area (Å²) in [7, 11) is -4.23. The fourth-order valence-electron chi connectivity index (χ4n) is 4.45. The van der Waals surface area contributed by atoms with Crippen LogP contribution in [0.25, 0.3) is 11.2 Å². The second-order valence-corrected chi connectivity index (χ2v) is 24.1. The molecular formula is C31H47N5O6Si2. The van der Waals surface area contributed by atoms with E-state index >= 15 is 0 Å². The smallest absolute Gasteiger partial charge is 0.311 e. The third-order valence-corrected chi connectivity index (χ3v) is 18.2. The van der Waals surface area contributed by atoms with Crippen LogP contribution in [0.5, 0.6) is 0 Å². The number of nitrogens with zero attached hydrogens (tertiary/aromatic N) is 4. The van der Waals surface area contributed by atoms with E-state index in [2.05, 4.69) is 88.0 Å². The maximum atomic E-state index is 13.0. The second kappa shape index (κ2) is 12.4. The molecule has 0 bridgehead atoms. The number of ether oxygens (including phenoxy) is 1. The van der Waals surface area contributed by atoms with Crippen molar-refractivity contribution in [1.82, 2.24) is 19.5 Å². The van der Waals surface area contributed by atoms with Gasteiger partial charge in [0.15, 0.2) is 33.6 Å². The second-order valence-electron chi connectivity index (χ2n) is 14.6. The van der Waals surface area contributed by atoms with Gasteiger partial charge >= 0.3 is 5.97 Å². The predicted molar refractivity (Wildman–Crippen MR) is 175 cm³/mol. The molecule has 2 N–H and O–H groups in total. The average Bonchev–Trinajstić information content (AvgIpc) is 3.50. The average molecular weight is 642 g/mol. The molecule has 4 rings (SSSR count). The summed E-state index contributed by atoms with van der Waals surface area (Å²) in [5, 5.41) is 12.4. The minimum absolute atomic E-state index is 0.00243. The van der Waals surface area contributed by atoms with E-state index in [1.807, 2.05) is 6.07 Å². The maximum Gasteiger partial charge on any atom is 0.311 e. The Morgan fingerprint density at radius 3 is 2.25 bits per heavy atom. The number of hydrogen-bond acceptors (Lipinski definition) is 8. The van der Waals surface area contributed by atoms with Crippen molar-refractivity contribution in [2.24, 2.45) is 0 Å². The SMILES string of the molecule is CC(C)(C)[Si](C)(C)OC[C@H]1O[C@@H](n2cnc3c(NC(=O)c4ccccc4)nc(CC(=O)O)nc32)C[C@@H]1O[Si](C)(C)C(C)(C)C. The summed E-state index contributed by atoms with van der Waals surface area (Å²) in [5.41, 5.74) is 1.16. The number of aromatic nitrogens is 4. The Balaban J connectivity index is 1.70. The number of nitrogens with one attached hydrogen (secondary N) is 1. The normalized spacial score (nSPS) is 19.8. The molecule has 0 radical (unpaired) electrons. The van der Waals surface area contributed by atoms with Gasteiger partial charge in [-0.15, -0.1) is 0 Å². The number of aliphatic carboxylic acids is 1. The molecule has 1 fully saturated rings. The summed E-state index contributed by atoms with van der Waals surface area (Å²) in [4.78, 5) is 38.1. The molecule has 13 heteroatoms. The summed E-state index contributed by atoms with van der Waals surface area (Å²) >= 11 is 0. The molecule has 0 unspecified atom stereocenters. The highest BCUT2D eigenvalue weighted by molar-refractivity contribution is 6.74. The minimum atomic E-state index is -2.17. The van der Waals surface area contributed by atoms with Gasteiger partial charge in [-0.1, -0.05) is 59.7 Å². The Hall–Kier alpha value is -2.98. The van der Waals surface area contributed by atoms with Crippen molar-refractivity contribution in [1.29, 1.82) is 0 Å². The van der Waals surface area contributed by atoms with Crippen molar-refractivity contribution in [3.8, 4) is 0 Å². The number of carbonyl (C=O) groups is 2. The summed E-state index contributed by atoms with van der Waals surface area (Å²) in [6.07, 6.45) is 0.689. The van der Waals surface area contributed by atoms with Crippen molar-refractivity contribution < 1.29 is 28.3 Å². The van der Waals surface area contributed by atoms with E-state index in [0.29, 0.717) is 29.8 Å². The Bertz CT molecular complexity index is 1500. The van der Waals surface area contributed by atoms with Gasteiger partial charge in [0, 0.05) is 12.0 Å². The van der Waals surface area contributed by atoms with E-state index in [0.717, 1.165) is 0 Å². The summed E-state index contributed by atoms with van der Waals surface area (Å²) in [6.45, 7) is 22.6. The molecule has 2 aromatic heterocycles. The highest BCUT2D eigenvalue weighted by Crippen LogP contribution is 2.43. The first kappa shape index (κ1) is 33.9. The van der Waals surface area contributed by atoms with E-state index in [-0.39, 0.29) is 39.8 Å². The van der Waals surface area contributed by atoms with Gasteiger partial charge < -0.3 is 24.0 Å². The molecule has 3 aromatic rings.